The molecule has 2 nitrogen and oxygen atoms in total. The standard InChI is InChI=1S/C18H18F2O2/c19-18(20,14-21)17(12-11-15-7-3-1-4-8-15)22-13-16-9-5-2-6-10-16/h1-12,17,21H,13-14H2/b12-11+. The minimum Gasteiger partial charge on any atom is -0.390 e. The van der Waals surface area contributed by atoms with E-state index in [1.807, 2.05) is 48.5 Å². The van der Waals surface area contributed by atoms with Crippen molar-refractivity contribution in [2.75, 3.05) is 6.61 Å². The summed E-state index contributed by atoms with van der Waals surface area (Å²) in [4.78, 5) is 0. The number of rotatable bonds is 7. The molecule has 116 valence electrons. The molecule has 0 aliphatic heterocycles. The second-order valence-electron chi connectivity index (χ2n) is 4.91. The van der Waals surface area contributed by atoms with Crippen molar-refractivity contribution >= 4 is 6.08 Å². The zero-order valence-corrected chi connectivity index (χ0v) is 12.0. The third kappa shape index (κ3) is 4.76. The molecule has 1 N–H and O–H groups in total. The molecule has 22 heavy (non-hydrogen) atoms. The Morgan fingerprint density at radius 2 is 1.59 bits per heavy atom. The number of aliphatic hydroxyl groups is 1. The number of hydrogen-bond acceptors (Lipinski definition) is 2. The van der Waals surface area contributed by atoms with Crippen LogP contribution in [0.15, 0.2) is 66.7 Å². The van der Waals surface area contributed by atoms with Crippen LogP contribution in [0.3, 0.4) is 0 Å². The van der Waals surface area contributed by atoms with Gasteiger partial charge in [-0.2, -0.15) is 0 Å². The molecule has 0 saturated carbocycles. The first-order valence-electron chi connectivity index (χ1n) is 6.99. The summed E-state index contributed by atoms with van der Waals surface area (Å²) in [6.07, 6.45) is 1.37. The topological polar surface area (TPSA) is 29.5 Å². The van der Waals surface area contributed by atoms with Gasteiger partial charge in [0, 0.05) is 0 Å². The van der Waals surface area contributed by atoms with Crippen molar-refractivity contribution in [1.82, 2.24) is 0 Å². The quantitative estimate of drug-likeness (QED) is 0.840. The van der Waals surface area contributed by atoms with Crippen LogP contribution in [0, 0.1) is 0 Å². The van der Waals surface area contributed by atoms with Crippen molar-refractivity contribution in [3.8, 4) is 0 Å². The van der Waals surface area contributed by atoms with Crippen LogP contribution in [-0.4, -0.2) is 23.7 Å². The molecule has 2 aromatic rings. The Labute approximate surface area is 128 Å². The summed E-state index contributed by atoms with van der Waals surface area (Å²) in [7, 11) is 0. The molecule has 0 bridgehead atoms. The molecule has 2 rings (SSSR count). The fraction of sp³-hybridized carbons (Fsp3) is 0.222. The third-order valence-corrected chi connectivity index (χ3v) is 3.16. The molecule has 1 atom stereocenters. The Morgan fingerprint density at radius 3 is 2.18 bits per heavy atom. The maximum Gasteiger partial charge on any atom is 0.299 e. The maximum absolute atomic E-state index is 13.8. The predicted octanol–water partition coefficient (Wildman–Crippen LogP) is 3.91. The smallest absolute Gasteiger partial charge is 0.299 e. The van der Waals surface area contributed by atoms with E-state index in [1.54, 1.807) is 18.2 Å². The lowest BCUT2D eigenvalue weighted by Gasteiger charge is -2.23. The van der Waals surface area contributed by atoms with Crippen molar-refractivity contribution < 1.29 is 18.6 Å². The van der Waals surface area contributed by atoms with E-state index in [2.05, 4.69) is 0 Å². The molecular formula is C18H18F2O2. The number of aliphatic hydroxyl groups excluding tert-OH is 1. The highest BCUT2D eigenvalue weighted by molar-refractivity contribution is 5.49. The van der Waals surface area contributed by atoms with Gasteiger partial charge in [-0.25, -0.2) is 8.78 Å². The molecule has 1 unspecified atom stereocenters. The summed E-state index contributed by atoms with van der Waals surface area (Å²) in [5.41, 5.74) is 1.60. The van der Waals surface area contributed by atoms with E-state index in [0.29, 0.717) is 0 Å². The molecule has 0 heterocycles. The van der Waals surface area contributed by atoms with E-state index in [-0.39, 0.29) is 6.61 Å². The zero-order valence-electron chi connectivity index (χ0n) is 12.0. The third-order valence-electron chi connectivity index (χ3n) is 3.16. The van der Waals surface area contributed by atoms with Gasteiger partial charge in [0.2, 0.25) is 0 Å². The Balaban J connectivity index is 2.08. The lowest BCUT2D eigenvalue weighted by molar-refractivity contribution is -0.144. The number of halogens is 2. The molecule has 4 heteroatoms. The minimum absolute atomic E-state index is 0.0558. The summed E-state index contributed by atoms with van der Waals surface area (Å²) < 4.78 is 32.9. The second kappa shape index (κ2) is 7.82. The highest BCUT2D eigenvalue weighted by Crippen LogP contribution is 2.24. The Kier molecular flexibility index (Phi) is 5.81. The van der Waals surface area contributed by atoms with Gasteiger partial charge in [-0.15, -0.1) is 0 Å². The van der Waals surface area contributed by atoms with Crippen LogP contribution in [0.4, 0.5) is 8.78 Å². The SMILES string of the molecule is OCC(F)(F)C(/C=C/c1ccccc1)OCc1ccccc1. The highest BCUT2D eigenvalue weighted by atomic mass is 19.3. The summed E-state index contributed by atoms with van der Waals surface area (Å²) in [5, 5.41) is 8.89. The van der Waals surface area contributed by atoms with E-state index >= 15 is 0 Å². The lowest BCUT2D eigenvalue weighted by Crippen LogP contribution is -2.37. The van der Waals surface area contributed by atoms with Crippen LogP contribution < -0.4 is 0 Å². The van der Waals surface area contributed by atoms with Gasteiger partial charge in [-0.05, 0) is 17.2 Å². The van der Waals surface area contributed by atoms with Crippen LogP contribution >= 0.6 is 0 Å². The first kappa shape index (κ1) is 16.3. The highest BCUT2D eigenvalue weighted by Gasteiger charge is 2.38. The van der Waals surface area contributed by atoms with Crippen molar-refractivity contribution in [2.45, 2.75) is 18.6 Å². The molecule has 0 spiro atoms. The largest absolute Gasteiger partial charge is 0.390 e. The van der Waals surface area contributed by atoms with Gasteiger partial charge >= 0.3 is 0 Å². The summed E-state index contributed by atoms with van der Waals surface area (Å²) in [5.74, 6) is -3.33. The fourth-order valence-electron chi connectivity index (χ4n) is 1.93. The van der Waals surface area contributed by atoms with Crippen LogP contribution in [0.25, 0.3) is 6.08 Å². The van der Waals surface area contributed by atoms with E-state index in [4.69, 9.17) is 9.84 Å². The first-order chi connectivity index (χ1) is 10.6. The Morgan fingerprint density at radius 1 is 1.00 bits per heavy atom. The van der Waals surface area contributed by atoms with Gasteiger partial charge in [0.05, 0.1) is 6.61 Å². The van der Waals surface area contributed by atoms with E-state index < -0.39 is 18.6 Å². The van der Waals surface area contributed by atoms with Crippen LogP contribution in [-0.2, 0) is 11.3 Å². The van der Waals surface area contributed by atoms with E-state index in [0.717, 1.165) is 11.1 Å². The Hall–Kier alpha value is -2.04. The van der Waals surface area contributed by atoms with Crippen molar-refractivity contribution in [2.24, 2.45) is 0 Å². The van der Waals surface area contributed by atoms with Gasteiger partial charge in [-0.3, -0.25) is 0 Å². The normalized spacial score (nSPS) is 13.4. The van der Waals surface area contributed by atoms with Crippen molar-refractivity contribution in [3.05, 3.63) is 77.9 Å². The molecule has 0 aliphatic rings. The van der Waals surface area contributed by atoms with Gasteiger partial charge in [0.1, 0.15) is 12.7 Å². The lowest BCUT2D eigenvalue weighted by atomic mass is 10.1. The van der Waals surface area contributed by atoms with Gasteiger partial charge in [-0.1, -0.05) is 66.7 Å². The van der Waals surface area contributed by atoms with Gasteiger partial charge in [0.15, 0.2) is 0 Å². The molecule has 0 aromatic heterocycles. The van der Waals surface area contributed by atoms with Crippen LogP contribution in [0.1, 0.15) is 11.1 Å². The fourth-order valence-corrected chi connectivity index (χ4v) is 1.93. The number of alkyl halides is 2. The average molecular weight is 304 g/mol. The van der Waals surface area contributed by atoms with Crippen molar-refractivity contribution in [1.29, 1.82) is 0 Å². The summed E-state index contributed by atoms with van der Waals surface area (Å²) >= 11 is 0. The number of hydrogen-bond donors (Lipinski definition) is 1. The molecule has 0 amide bonds. The summed E-state index contributed by atoms with van der Waals surface area (Å²) in [6, 6.07) is 18.2. The number of benzene rings is 2. The molecule has 0 radical (unpaired) electrons. The predicted molar refractivity (Wildman–Crippen MR) is 82.5 cm³/mol. The first-order valence-corrected chi connectivity index (χ1v) is 6.99. The van der Waals surface area contributed by atoms with Crippen LogP contribution in [0.2, 0.25) is 0 Å². The van der Waals surface area contributed by atoms with Gasteiger partial charge in [0.25, 0.3) is 5.92 Å². The molecule has 0 saturated heterocycles. The average Bonchev–Trinajstić information content (AvgIpc) is 2.56. The molecule has 0 aliphatic carbocycles. The summed E-state index contributed by atoms with van der Waals surface area (Å²) in [6.45, 7) is -1.20. The van der Waals surface area contributed by atoms with Crippen LogP contribution in [0.5, 0.6) is 0 Å². The molecule has 2 aromatic carbocycles. The second-order valence-corrected chi connectivity index (χ2v) is 4.91. The monoisotopic (exact) mass is 304 g/mol. The molecule has 0 fully saturated rings. The van der Waals surface area contributed by atoms with E-state index in [9.17, 15) is 8.78 Å². The molecular weight excluding hydrogens is 286 g/mol. The van der Waals surface area contributed by atoms with Crippen molar-refractivity contribution in [3.63, 3.8) is 0 Å². The maximum atomic E-state index is 13.8. The van der Waals surface area contributed by atoms with Gasteiger partial charge < -0.3 is 9.84 Å². The number of ether oxygens (including phenoxy) is 1. The Bertz CT molecular complexity index is 583. The zero-order chi connectivity index (χ0) is 15.8. The minimum atomic E-state index is -3.33. The van der Waals surface area contributed by atoms with E-state index in [1.165, 1.54) is 6.08 Å².